The smallest absolute Gasteiger partial charge is 0.340 e. The van der Waals surface area contributed by atoms with Gasteiger partial charge in [-0.15, -0.1) is 0 Å². The standard InChI is InChI=1S/C20H15F8N7/c21-18(22)5-8-35(9-6-18)17-33-15(12-2-1-3-13(31-12)19(23,24)25)32-16(34-17)30-11-4-7-29-14(10-11)20(26,27)28/h1-4,7,10H,5-6,8-9H2,(H,29,30,32,33,34). The van der Waals surface area contributed by atoms with Gasteiger partial charge in [-0.2, -0.15) is 41.3 Å². The van der Waals surface area contributed by atoms with Gasteiger partial charge in [0.25, 0.3) is 5.92 Å². The second-order valence-corrected chi connectivity index (χ2v) is 7.58. The molecule has 7 nitrogen and oxygen atoms in total. The van der Waals surface area contributed by atoms with Crippen LogP contribution in [0.5, 0.6) is 0 Å². The number of nitrogens with one attached hydrogen (secondary N) is 1. The van der Waals surface area contributed by atoms with Crippen molar-refractivity contribution in [2.75, 3.05) is 23.3 Å². The maximum absolute atomic E-state index is 13.6. The molecule has 1 saturated heterocycles. The van der Waals surface area contributed by atoms with E-state index < -0.39 is 42.5 Å². The first-order valence-electron chi connectivity index (χ1n) is 10.0. The van der Waals surface area contributed by atoms with E-state index in [2.05, 4.69) is 30.2 Å². The lowest BCUT2D eigenvalue weighted by Crippen LogP contribution is -2.40. The lowest BCUT2D eigenvalue weighted by molar-refractivity contribution is -0.141. The van der Waals surface area contributed by atoms with Crippen LogP contribution in [0.15, 0.2) is 36.5 Å². The quantitative estimate of drug-likeness (QED) is 0.480. The van der Waals surface area contributed by atoms with Crippen molar-refractivity contribution >= 4 is 17.6 Å². The van der Waals surface area contributed by atoms with Crippen molar-refractivity contribution in [2.24, 2.45) is 0 Å². The normalized spacial score (nSPS) is 16.3. The Hall–Kier alpha value is -3.65. The fraction of sp³-hybridized carbons (Fsp3) is 0.350. The first-order chi connectivity index (χ1) is 16.3. The lowest BCUT2D eigenvalue weighted by atomic mass is 10.1. The molecule has 1 N–H and O–H groups in total. The Labute approximate surface area is 192 Å². The molecule has 0 radical (unpaired) electrons. The number of nitrogens with zero attached hydrogens (tertiary/aromatic N) is 6. The molecule has 4 heterocycles. The lowest BCUT2D eigenvalue weighted by Gasteiger charge is -2.31. The number of hydrogen-bond acceptors (Lipinski definition) is 7. The Bertz CT molecular complexity index is 1200. The molecular weight excluding hydrogens is 490 g/mol. The Morgan fingerprint density at radius 3 is 2.17 bits per heavy atom. The van der Waals surface area contributed by atoms with Gasteiger partial charge in [0.1, 0.15) is 17.1 Å². The van der Waals surface area contributed by atoms with Gasteiger partial charge in [0.2, 0.25) is 11.9 Å². The summed E-state index contributed by atoms with van der Waals surface area (Å²) in [6, 6.07) is 4.92. The van der Waals surface area contributed by atoms with Crippen LogP contribution in [-0.2, 0) is 12.4 Å². The summed E-state index contributed by atoms with van der Waals surface area (Å²) in [5.41, 5.74) is -2.82. The maximum atomic E-state index is 13.6. The van der Waals surface area contributed by atoms with E-state index in [0.29, 0.717) is 6.07 Å². The molecule has 0 saturated carbocycles. The van der Waals surface area contributed by atoms with Gasteiger partial charge < -0.3 is 10.2 Å². The van der Waals surface area contributed by atoms with Crippen molar-refractivity contribution < 1.29 is 35.1 Å². The van der Waals surface area contributed by atoms with Crippen LogP contribution in [0.4, 0.5) is 52.7 Å². The number of alkyl halides is 8. The van der Waals surface area contributed by atoms with Crippen LogP contribution < -0.4 is 10.2 Å². The Morgan fingerprint density at radius 1 is 0.829 bits per heavy atom. The molecule has 0 aromatic carbocycles. The molecule has 35 heavy (non-hydrogen) atoms. The average Bonchev–Trinajstić information content (AvgIpc) is 2.78. The van der Waals surface area contributed by atoms with Crippen LogP contribution in [0.25, 0.3) is 11.5 Å². The van der Waals surface area contributed by atoms with E-state index in [0.717, 1.165) is 18.3 Å². The SMILES string of the molecule is FC1(F)CCN(c2nc(Nc3ccnc(C(F)(F)F)c3)nc(-c3cccc(C(F)(F)F)n3)n2)CC1. The second kappa shape index (κ2) is 8.85. The average molecular weight is 505 g/mol. The highest BCUT2D eigenvalue weighted by Gasteiger charge is 2.36. The minimum Gasteiger partial charge on any atom is -0.340 e. The Morgan fingerprint density at radius 2 is 1.51 bits per heavy atom. The summed E-state index contributed by atoms with van der Waals surface area (Å²) in [5.74, 6) is -3.68. The van der Waals surface area contributed by atoms with E-state index in [4.69, 9.17) is 0 Å². The van der Waals surface area contributed by atoms with Crippen molar-refractivity contribution in [1.29, 1.82) is 0 Å². The molecule has 15 heteroatoms. The fourth-order valence-electron chi connectivity index (χ4n) is 3.22. The number of anilines is 3. The summed E-state index contributed by atoms with van der Waals surface area (Å²) in [6.45, 7) is -0.307. The monoisotopic (exact) mass is 505 g/mol. The van der Waals surface area contributed by atoms with E-state index in [1.54, 1.807) is 0 Å². The highest BCUT2D eigenvalue weighted by atomic mass is 19.4. The predicted octanol–water partition coefficient (Wildman–Crippen LogP) is 5.35. The summed E-state index contributed by atoms with van der Waals surface area (Å²) in [7, 11) is 0. The van der Waals surface area contributed by atoms with Gasteiger partial charge in [-0.25, -0.2) is 13.8 Å². The van der Waals surface area contributed by atoms with Gasteiger partial charge in [0.05, 0.1) is 0 Å². The molecule has 0 atom stereocenters. The zero-order valence-corrected chi connectivity index (χ0v) is 17.5. The molecule has 1 aliphatic rings. The topological polar surface area (TPSA) is 79.7 Å². The van der Waals surface area contributed by atoms with Crippen LogP contribution >= 0.6 is 0 Å². The van der Waals surface area contributed by atoms with Crippen molar-refractivity contribution in [3.05, 3.63) is 47.9 Å². The van der Waals surface area contributed by atoms with E-state index in [1.165, 1.54) is 17.0 Å². The molecule has 4 rings (SSSR count). The predicted molar refractivity (Wildman–Crippen MR) is 107 cm³/mol. The molecule has 1 aliphatic heterocycles. The van der Waals surface area contributed by atoms with Crippen LogP contribution in [0.3, 0.4) is 0 Å². The molecule has 0 bridgehead atoms. The molecule has 0 unspecified atom stereocenters. The molecule has 3 aromatic rings. The molecule has 3 aromatic heterocycles. The summed E-state index contributed by atoms with van der Waals surface area (Å²) < 4.78 is 106. The third kappa shape index (κ3) is 5.89. The molecule has 0 spiro atoms. The Balaban J connectivity index is 1.74. The van der Waals surface area contributed by atoms with Crippen LogP contribution in [0.2, 0.25) is 0 Å². The number of halogens is 8. The molecule has 0 aliphatic carbocycles. The minimum absolute atomic E-state index is 0.113. The summed E-state index contributed by atoms with van der Waals surface area (Å²) >= 11 is 0. The maximum Gasteiger partial charge on any atom is 0.433 e. The van der Waals surface area contributed by atoms with Gasteiger partial charge in [-0.05, 0) is 24.3 Å². The van der Waals surface area contributed by atoms with E-state index >= 15 is 0 Å². The highest BCUT2D eigenvalue weighted by Crippen LogP contribution is 2.33. The van der Waals surface area contributed by atoms with E-state index in [9.17, 15) is 35.1 Å². The molecule has 186 valence electrons. The highest BCUT2D eigenvalue weighted by molar-refractivity contribution is 5.59. The van der Waals surface area contributed by atoms with Crippen LogP contribution in [0.1, 0.15) is 24.2 Å². The van der Waals surface area contributed by atoms with Crippen molar-refractivity contribution in [1.82, 2.24) is 24.9 Å². The van der Waals surface area contributed by atoms with Crippen LogP contribution in [-0.4, -0.2) is 43.9 Å². The Kier molecular flexibility index (Phi) is 6.19. The fourth-order valence-corrected chi connectivity index (χ4v) is 3.22. The van der Waals surface area contributed by atoms with Gasteiger partial charge in [-0.1, -0.05) is 6.07 Å². The van der Waals surface area contributed by atoms with Crippen molar-refractivity contribution in [3.63, 3.8) is 0 Å². The minimum atomic E-state index is -4.75. The van der Waals surface area contributed by atoms with Gasteiger partial charge in [0, 0.05) is 37.8 Å². The molecule has 1 fully saturated rings. The number of hydrogen-bond donors (Lipinski definition) is 1. The van der Waals surface area contributed by atoms with Gasteiger partial charge >= 0.3 is 12.4 Å². The zero-order chi connectivity index (χ0) is 25.4. The third-order valence-corrected chi connectivity index (χ3v) is 4.98. The van der Waals surface area contributed by atoms with Gasteiger partial charge in [0.15, 0.2) is 5.82 Å². The number of aromatic nitrogens is 5. The first-order valence-corrected chi connectivity index (χ1v) is 10.0. The zero-order valence-electron chi connectivity index (χ0n) is 17.5. The largest absolute Gasteiger partial charge is 0.433 e. The van der Waals surface area contributed by atoms with E-state index in [-0.39, 0.29) is 42.2 Å². The number of rotatable bonds is 4. The van der Waals surface area contributed by atoms with Gasteiger partial charge in [-0.3, -0.25) is 4.98 Å². The summed E-state index contributed by atoms with van der Waals surface area (Å²) in [4.78, 5) is 20.3. The second-order valence-electron chi connectivity index (χ2n) is 7.58. The number of pyridine rings is 2. The summed E-state index contributed by atoms with van der Waals surface area (Å²) in [5, 5.41) is 2.54. The molecular formula is C20H15F8N7. The molecule has 0 amide bonds. The third-order valence-electron chi connectivity index (χ3n) is 4.98. The van der Waals surface area contributed by atoms with E-state index in [1.807, 2.05) is 0 Å². The van der Waals surface area contributed by atoms with Crippen molar-refractivity contribution in [2.45, 2.75) is 31.1 Å². The summed E-state index contributed by atoms with van der Waals surface area (Å²) in [6.07, 6.45) is -9.59. The van der Waals surface area contributed by atoms with Crippen molar-refractivity contribution in [3.8, 4) is 11.5 Å². The number of piperidine rings is 1. The first kappa shape index (κ1) is 24.5. The van der Waals surface area contributed by atoms with Crippen LogP contribution in [0, 0.1) is 0 Å².